The van der Waals surface area contributed by atoms with Crippen LogP contribution in [0, 0.1) is 11.3 Å². The second-order valence-electron chi connectivity index (χ2n) is 1.94. The molecule has 0 radical (unpaired) electrons. The first-order valence-corrected chi connectivity index (χ1v) is 3.11. The van der Waals surface area contributed by atoms with Crippen molar-refractivity contribution in [3.63, 3.8) is 0 Å². The average Bonchev–Trinajstić information content (AvgIpc) is 1.89. The van der Waals surface area contributed by atoms with Crippen LogP contribution in [-0.4, -0.2) is 6.21 Å². The fraction of sp³-hybridized carbons (Fsp3) is 0.375. The van der Waals surface area contributed by atoms with Crippen LogP contribution in [0.2, 0.25) is 0 Å². The van der Waals surface area contributed by atoms with Gasteiger partial charge in [0.05, 0.1) is 0 Å². The first-order valence-electron chi connectivity index (χ1n) is 3.11. The van der Waals surface area contributed by atoms with E-state index >= 15 is 0 Å². The van der Waals surface area contributed by atoms with Gasteiger partial charge in [0.25, 0.3) is 0 Å². The molecule has 0 saturated carbocycles. The van der Waals surface area contributed by atoms with Crippen molar-refractivity contribution >= 4 is 6.21 Å². The summed E-state index contributed by atoms with van der Waals surface area (Å²) in [5.41, 5.74) is 0. The van der Waals surface area contributed by atoms with Gasteiger partial charge in [-0.15, -0.1) is 0 Å². The molecule has 1 atom stereocenters. The highest BCUT2D eigenvalue weighted by Crippen LogP contribution is 1.90. The molecular formula is C8H13N. The Morgan fingerprint density at radius 3 is 2.44 bits per heavy atom. The zero-order valence-corrected chi connectivity index (χ0v) is 5.96. The summed E-state index contributed by atoms with van der Waals surface area (Å²) in [6, 6.07) is 0. The zero-order valence-electron chi connectivity index (χ0n) is 5.96. The molecule has 1 heteroatoms. The first kappa shape index (κ1) is 8.15. The van der Waals surface area contributed by atoms with Gasteiger partial charge in [-0.25, -0.2) is 0 Å². The van der Waals surface area contributed by atoms with Crippen molar-refractivity contribution in [1.29, 1.82) is 5.41 Å². The minimum absolute atomic E-state index is 0.265. The molecule has 0 heterocycles. The second-order valence-corrected chi connectivity index (χ2v) is 1.94. The highest BCUT2D eigenvalue weighted by Gasteiger charge is 1.83. The van der Waals surface area contributed by atoms with Crippen molar-refractivity contribution in [3.05, 3.63) is 24.3 Å². The van der Waals surface area contributed by atoms with Gasteiger partial charge in [0.1, 0.15) is 0 Å². The van der Waals surface area contributed by atoms with E-state index < -0.39 is 0 Å². The molecule has 50 valence electrons. The van der Waals surface area contributed by atoms with Gasteiger partial charge < -0.3 is 5.41 Å². The SMILES string of the molecule is C/C=C\C=C/C(C)C=N. The molecule has 0 aliphatic carbocycles. The predicted octanol–water partition coefficient (Wildman–Crippen LogP) is 2.40. The van der Waals surface area contributed by atoms with Gasteiger partial charge in [-0.05, 0) is 6.92 Å². The Kier molecular flexibility index (Phi) is 4.79. The minimum Gasteiger partial charge on any atom is -0.313 e. The van der Waals surface area contributed by atoms with Crippen molar-refractivity contribution in [2.75, 3.05) is 0 Å². The van der Waals surface area contributed by atoms with Crippen LogP contribution in [0.4, 0.5) is 0 Å². The maximum Gasteiger partial charge on any atom is 0.00895 e. The van der Waals surface area contributed by atoms with Crippen LogP contribution in [-0.2, 0) is 0 Å². The summed E-state index contributed by atoms with van der Waals surface area (Å²) in [5, 5.41) is 6.84. The molecule has 0 aliphatic rings. The standard InChI is InChI=1S/C8H13N/c1-3-4-5-6-8(2)7-9/h3-9H,1-2H3/b4-3-,6-5-,9-7?. The van der Waals surface area contributed by atoms with Crippen molar-refractivity contribution in [2.24, 2.45) is 5.92 Å². The number of rotatable bonds is 3. The van der Waals surface area contributed by atoms with Crippen LogP contribution >= 0.6 is 0 Å². The van der Waals surface area contributed by atoms with Crippen LogP contribution in [0.15, 0.2) is 24.3 Å². The summed E-state index contributed by atoms with van der Waals surface area (Å²) in [7, 11) is 0. The van der Waals surface area contributed by atoms with Gasteiger partial charge >= 0.3 is 0 Å². The fourth-order valence-electron chi connectivity index (χ4n) is 0.406. The largest absolute Gasteiger partial charge is 0.313 e. The lowest BCUT2D eigenvalue weighted by Crippen LogP contribution is -1.86. The lowest BCUT2D eigenvalue weighted by atomic mass is 10.2. The maximum absolute atomic E-state index is 6.84. The molecule has 0 spiro atoms. The van der Waals surface area contributed by atoms with Gasteiger partial charge in [0.15, 0.2) is 0 Å². The average molecular weight is 123 g/mol. The number of hydrogen-bond donors (Lipinski definition) is 1. The molecule has 0 saturated heterocycles. The van der Waals surface area contributed by atoms with Gasteiger partial charge in [-0.3, -0.25) is 0 Å². The van der Waals surface area contributed by atoms with Crippen LogP contribution in [0.1, 0.15) is 13.8 Å². The van der Waals surface area contributed by atoms with E-state index in [-0.39, 0.29) is 5.92 Å². The summed E-state index contributed by atoms with van der Waals surface area (Å²) < 4.78 is 0. The van der Waals surface area contributed by atoms with E-state index in [0.717, 1.165) is 0 Å². The molecule has 1 unspecified atom stereocenters. The normalized spacial score (nSPS) is 14.9. The molecule has 0 amide bonds. The monoisotopic (exact) mass is 123 g/mol. The van der Waals surface area contributed by atoms with Crippen LogP contribution in [0.3, 0.4) is 0 Å². The molecule has 0 aromatic heterocycles. The van der Waals surface area contributed by atoms with Gasteiger partial charge in [-0.2, -0.15) is 0 Å². The van der Waals surface area contributed by atoms with E-state index in [1.165, 1.54) is 6.21 Å². The molecule has 0 aliphatic heterocycles. The molecule has 0 fully saturated rings. The molecule has 0 aromatic rings. The zero-order chi connectivity index (χ0) is 7.11. The minimum atomic E-state index is 0.265. The van der Waals surface area contributed by atoms with Gasteiger partial charge in [0.2, 0.25) is 0 Å². The third-order valence-electron chi connectivity index (χ3n) is 0.981. The highest BCUT2D eigenvalue weighted by molar-refractivity contribution is 5.58. The van der Waals surface area contributed by atoms with E-state index in [4.69, 9.17) is 5.41 Å². The lowest BCUT2D eigenvalue weighted by Gasteiger charge is -1.89. The Bertz CT molecular complexity index is 123. The quantitative estimate of drug-likeness (QED) is 0.440. The second kappa shape index (κ2) is 5.29. The maximum atomic E-state index is 6.84. The van der Waals surface area contributed by atoms with Crippen LogP contribution in [0.25, 0.3) is 0 Å². The van der Waals surface area contributed by atoms with Gasteiger partial charge in [-0.1, -0.05) is 31.2 Å². The van der Waals surface area contributed by atoms with E-state index in [2.05, 4.69) is 0 Å². The molecule has 1 nitrogen and oxygen atoms in total. The number of hydrogen-bond acceptors (Lipinski definition) is 1. The smallest absolute Gasteiger partial charge is 0.00895 e. The van der Waals surface area contributed by atoms with E-state index in [0.29, 0.717) is 0 Å². The molecule has 9 heavy (non-hydrogen) atoms. The summed E-state index contributed by atoms with van der Waals surface area (Å²) in [4.78, 5) is 0. The third kappa shape index (κ3) is 5.01. The summed E-state index contributed by atoms with van der Waals surface area (Å²) in [5.74, 6) is 0.265. The number of allylic oxidation sites excluding steroid dienone is 4. The van der Waals surface area contributed by atoms with E-state index in [1.807, 2.05) is 38.2 Å². The Balaban J connectivity index is 3.55. The highest BCUT2D eigenvalue weighted by atomic mass is 14.3. The molecule has 0 aromatic carbocycles. The van der Waals surface area contributed by atoms with Crippen molar-refractivity contribution < 1.29 is 0 Å². The summed E-state index contributed by atoms with van der Waals surface area (Å²) in [6.45, 7) is 3.95. The van der Waals surface area contributed by atoms with Crippen molar-refractivity contribution in [3.8, 4) is 0 Å². The Labute approximate surface area is 56.6 Å². The molecule has 1 N–H and O–H groups in total. The Hall–Kier alpha value is -0.850. The molecule has 0 bridgehead atoms. The van der Waals surface area contributed by atoms with Crippen LogP contribution < -0.4 is 0 Å². The summed E-state index contributed by atoms with van der Waals surface area (Å²) >= 11 is 0. The molecule has 0 rings (SSSR count). The topological polar surface area (TPSA) is 23.9 Å². The Morgan fingerprint density at radius 2 is 2.00 bits per heavy atom. The van der Waals surface area contributed by atoms with E-state index in [9.17, 15) is 0 Å². The molecular weight excluding hydrogens is 110 g/mol. The van der Waals surface area contributed by atoms with Crippen molar-refractivity contribution in [1.82, 2.24) is 0 Å². The van der Waals surface area contributed by atoms with Crippen LogP contribution in [0.5, 0.6) is 0 Å². The predicted molar refractivity (Wildman–Crippen MR) is 41.9 cm³/mol. The first-order chi connectivity index (χ1) is 4.31. The van der Waals surface area contributed by atoms with E-state index in [1.54, 1.807) is 0 Å². The fourth-order valence-corrected chi connectivity index (χ4v) is 0.406. The van der Waals surface area contributed by atoms with Gasteiger partial charge in [0, 0.05) is 12.1 Å². The lowest BCUT2D eigenvalue weighted by molar-refractivity contribution is 1.02. The van der Waals surface area contributed by atoms with Crippen molar-refractivity contribution in [2.45, 2.75) is 13.8 Å². The Morgan fingerprint density at radius 1 is 1.33 bits per heavy atom. The number of nitrogens with one attached hydrogen (secondary N) is 1. The summed E-state index contributed by atoms with van der Waals surface area (Å²) in [6.07, 6.45) is 9.27. The third-order valence-corrected chi connectivity index (χ3v) is 0.981.